The highest BCUT2D eigenvalue weighted by atomic mass is 16.3. The largest absolute Gasteiger partial charge is 0.384 e. The molecule has 0 aromatic carbocycles. The summed E-state index contributed by atoms with van der Waals surface area (Å²) in [5.41, 5.74) is -0.502. The van der Waals surface area contributed by atoms with Gasteiger partial charge in [-0.05, 0) is 32.6 Å². The predicted octanol–water partition coefficient (Wildman–Crippen LogP) is 0.755. The molecular weight excluding hydrogens is 162 g/mol. The third-order valence-corrected chi connectivity index (χ3v) is 4.28. The maximum atomic E-state index is 10.3. The highest BCUT2D eigenvalue weighted by molar-refractivity contribution is 5.04. The second-order valence-corrected chi connectivity index (χ2v) is 5.23. The fourth-order valence-electron chi connectivity index (χ4n) is 2.96. The van der Waals surface area contributed by atoms with Gasteiger partial charge < -0.3 is 10.4 Å². The van der Waals surface area contributed by atoms with E-state index in [-0.39, 0.29) is 5.54 Å². The zero-order valence-electron chi connectivity index (χ0n) is 9.59. The van der Waals surface area contributed by atoms with Crippen LogP contribution in [0.3, 0.4) is 0 Å². The summed E-state index contributed by atoms with van der Waals surface area (Å²) in [6.45, 7) is 8.70. The van der Waals surface area contributed by atoms with Gasteiger partial charge in [-0.15, -0.1) is 0 Å². The number of quaternary nitrogens is 1. The first-order valence-corrected chi connectivity index (χ1v) is 5.38. The lowest BCUT2D eigenvalue weighted by atomic mass is 9.75. The fraction of sp³-hybridized carbons (Fsp3) is 1.00. The molecule has 1 fully saturated rings. The van der Waals surface area contributed by atoms with Gasteiger partial charge in [-0.2, -0.15) is 0 Å². The van der Waals surface area contributed by atoms with Crippen molar-refractivity contribution in [2.75, 3.05) is 7.05 Å². The van der Waals surface area contributed by atoms with Crippen molar-refractivity contribution in [3.8, 4) is 0 Å². The van der Waals surface area contributed by atoms with Crippen LogP contribution < -0.4 is 5.32 Å². The van der Waals surface area contributed by atoms with Crippen LogP contribution in [0.25, 0.3) is 0 Å². The highest BCUT2D eigenvalue weighted by Crippen LogP contribution is 2.44. The number of nitrogens with two attached hydrogens (primary N) is 1. The summed E-state index contributed by atoms with van der Waals surface area (Å²) in [5.74, 6) is 1.29. The van der Waals surface area contributed by atoms with Crippen LogP contribution in [0.2, 0.25) is 0 Å². The summed E-state index contributed by atoms with van der Waals surface area (Å²) in [4.78, 5) is 0. The molecule has 3 N–H and O–H groups in total. The Hall–Kier alpha value is -0.0800. The second-order valence-electron chi connectivity index (χ2n) is 5.23. The zero-order chi connectivity index (χ0) is 10.3. The molecule has 1 aliphatic carbocycles. The fourth-order valence-corrected chi connectivity index (χ4v) is 2.96. The van der Waals surface area contributed by atoms with E-state index in [1.54, 1.807) is 0 Å². The van der Waals surface area contributed by atoms with Gasteiger partial charge in [0.25, 0.3) is 0 Å². The molecule has 1 rings (SSSR count). The Morgan fingerprint density at radius 2 is 1.92 bits per heavy atom. The number of hydrogen-bond acceptors (Lipinski definition) is 1. The van der Waals surface area contributed by atoms with Crippen LogP contribution in [-0.2, 0) is 0 Å². The number of aliphatic hydroxyl groups is 1. The van der Waals surface area contributed by atoms with Gasteiger partial charge in [-0.3, -0.25) is 0 Å². The molecule has 0 heterocycles. The summed E-state index contributed by atoms with van der Waals surface area (Å²) in [6.07, 6.45) is 2.10. The maximum absolute atomic E-state index is 10.3. The van der Waals surface area contributed by atoms with Crippen molar-refractivity contribution < 1.29 is 10.4 Å². The van der Waals surface area contributed by atoms with Gasteiger partial charge in [0.1, 0.15) is 11.1 Å². The molecule has 1 saturated carbocycles. The molecule has 0 bridgehead atoms. The van der Waals surface area contributed by atoms with E-state index in [1.165, 1.54) is 0 Å². The topological polar surface area (TPSA) is 36.8 Å². The van der Waals surface area contributed by atoms with Crippen LogP contribution in [0.1, 0.15) is 40.5 Å². The molecule has 0 amide bonds. The molecule has 0 saturated heterocycles. The molecule has 1 aliphatic rings. The minimum Gasteiger partial charge on any atom is -0.384 e. The minimum absolute atomic E-state index is 0.00116. The Bertz CT molecular complexity index is 189. The van der Waals surface area contributed by atoms with Crippen LogP contribution in [0, 0.1) is 11.8 Å². The van der Waals surface area contributed by atoms with Gasteiger partial charge >= 0.3 is 0 Å². The number of likely N-dealkylation sites (N-methyl/N-ethyl adjacent to an activating group) is 1. The first-order valence-electron chi connectivity index (χ1n) is 5.38. The van der Waals surface area contributed by atoms with E-state index in [0.29, 0.717) is 11.8 Å². The van der Waals surface area contributed by atoms with Gasteiger partial charge in [-0.1, -0.05) is 13.8 Å². The average Bonchev–Trinajstić information content (AvgIpc) is 2.25. The molecule has 2 heteroatoms. The van der Waals surface area contributed by atoms with Crippen molar-refractivity contribution in [1.82, 2.24) is 0 Å². The normalized spacial score (nSPS) is 45.9. The predicted molar refractivity (Wildman–Crippen MR) is 54.4 cm³/mol. The van der Waals surface area contributed by atoms with Crippen LogP contribution in [0.4, 0.5) is 0 Å². The molecule has 0 aromatic heterocycles. The highest BCUT2D eigenvalue weighted by Gasteiger charge is 2.57. The van der Waals surface area contributed by atoms with Crippen LogP contribution in [0.5, 0.6) is 0 Å². The Kier molecular flexibility index (Phi) is 2.75. The van der Waals surface area contributed by atoms with E-state index in [9.17, 15) is 5.11 Å². The zero-order valence-corrected chi connectivity index (χ0v) is 9.59. The van der Waals surface area contributed by atoms with Gasteiger partial charge in [0.15, 0.2) is 0 Å². The van der Waals surface area contributed by atoms with Crippen LogP contribution >= 0.6 is 0 Å². The minimum atomic E-state index is -0.503. The molecule has 0 spiro atoms. The van der Waals surface area contributed by atoms with Crippen molar-refractivity contribution in [3.63, 3.8) is 0 Å². The van der Waals surface area contributed by atoms with E-state index in [2.05, 4.69) is 33.1 Å². The molecule has 3 atom stereocenters. The van der Waals surface area contributed by atoms with Gasteiger partial charge in [0.2, 0.25) is 0 Å². The summed E-state index contributed by atoms with van der Waals surface area (Å²) in [5, 5.41) is 12.5. The molecule has 0 radical (unpaired) electrons. The first-order chi connectivity index (χ1) is 5.85. The third-order valence-electron chi connectivity index (χ3n) is 4.28. The molecule has 0 aromatic rings. The average molecular weight is 186 g/mol. The summed E-state index contributed by atoms with van der Waals surface area (Å²) in [7, 11) is 2.08. The standard InChI is InChI=1S/C11H23NO/c1-8(2)9-6-7-10(3,13)11(9,4)12-5/h8-9,12-13H,6-7H2,1-5H3/p+1/t9-,10-,11-/m0/s1. The smallest absolute Gasteiger partial charge is 0.125 e. The maximum Gasteiger partial charge on any atom is 0.125 e. The van der Waals surface area contributed by atoms with Gasteiger partial charge in [-0.25, -0.2) is 0 Å². The van der Waals surface area contributed by atoms with Gasteiger partial charge in [0, 0.05) is 5.92 Å². The lowest BCUT2D eigenvalue weighted by Crippen LogP contribution is -2.98. The van der Waals surface area contributed by atoms with E-state index in [4.69, 9.17) is 0 Å². The molecule has 2 nitrogen and oxygen atoms in total. The van der Waals surface area contributed by atoms with E-state index in [0.717, 1.165) is 12.8 Å². The SMILES string of the molecule is C[NH2+][C@@]1(C)[C@H](C(C)C)CC[C@]1(C)O. The van der Waals surface area contributed by atoms with E-state index < -0.39 is 5.60 Å². The van der Waals surface area contributed by atoms with Crippen LogP contribution in [-0.4, -0.2) is 23.3 Å². The van der Waals surface area contributed by atoms with Crippen molar-refractivity contribution in [2.45, 2.75) is 51.7 Å². The monoisotopic (exact) mass is 186 g/mol. The summed E-state index contributed by atoms with van der Waals surface area (Å²) >= 11 is 0. The molecule has 78 valence electrons. The third kappa shape index (κ3) is 1.50. The van der Waals surface area contributed by atoms with E-state index in [1.807, 2.05) is 6.92 Å². The van der Waals surface area contributed by atoms with Crippen LogP contribution in [0.15, 0.2) is 0 Å². The Morgan fingerprint density at radius 1 is 1.38 bits per heavy atom. The molecular formula is C11H24NO+. The lowest BCUT2D eigenvalue weighted by molar-refractivity contribution is -0.721. The van der Waals surface area contributed by atoms with Gasteiger partial charge in [0.05, 0.1) is 7.05 Å². The number of hydrogen-bond donors (Lipinski definition) is 2. The molecule has 0 unspecified atom stereocenters. The van der Waals surface area contributed by atoms with E-state index >= 15 is 0 Å². The Balaban J connectivity index is 2.93. The van der Waals surface area contributed by atoms with Crippen molar-refractivity contribution in [2.24, 2.45) is 11.8 Å². The molecule has 13 heavy (non-hydrogen) atoms. The quantitative estimate of drug-likeness (QED) is 0.656. The summed E-state index contributed by atoms with van der Waals surface area (Å²) in [6, 6.07) is 0. The number of rotatable bonds is 2. The molecule has 0 aliphatic heterocycles. The Labute approximate surface area is 81.7 Å². The second kappa shape index (κ2) is 3.25. The lowest BCUT2D eigenvalue weighted by Gasteiger charge is -2.38. The van der Waals surface area contributed by atoms with Crippen molar-refractivity contribution in [1.29, 1.82) is 0 Å². The Morgan fingerprint density at radius 3 is 2.23 bits per heavy atom. The summed E-state index contributed by atoms with van der Waals surface area (Å²) < 4.78 is 0. The first kappa shape index (κ1) is 11.0. The van der Waals surface area contributed by atoms with Crippen molar-refractivity contribution in [3.05, 3.63) is 0 Å². The van der Waals surface area contributed by atoms with Crippen molar-refractivity contribution >= 4 is 0 Å².